The largest absolute Gasteiger partial charge is 0.493 e. The third-order valence-corrected chi connectivity index (χ3v) is 3.82. The van der Waals surface area contributed by atoms with Gasteiger partial charge >= 0.3 is 0 Å². The molecule has 0 unspecified atom stereocenters. The van der Waals surface area contributed by atoms with Gasteiger partial charge in [0, 0.05) is 4.47 Å². The lowest BCUT2D eigenvalue weighted by atomic mass is 9.90. The zero-order chi connectivity index (χ0) is 13.8. The Bertz CT molecular complexity index is 460. The molecule has 2 nitrogen and oxygen atoms in total. The summed E-state index contributed by atoms with van der Waals surface area (Å²) in [6.45, 7) is 8.67. The van der Waals surface area contributed by atoms with Crippen LogP contribution >= 0.6 is 15.9 Å². The predicted molar refractivity (Wildman–Crippen MR) is 77.7 cm³/mol. The van der Waals surface area contributed by atoms with Crippen molar-refractivity contribution in [1.29, 1.82) is 5.26 Å². The highest BCUT2D eigenvalue weighted by Gasteiger charge is 2.15. The second-order valence-corrected chi connectivity index (χ2v) is 6.17. The average Bonchev–Trinajstić information content (AvgIpc) is 2.31. The van der Waals surface area contributed by atoms with E-state index in [0.717, 1.165) is 28.6 Å². The first-order valence-electron chi connectivity index (χ1n) is 6.16. The molecule has 0 aliphatic carbocycles. The Morgan fingerprint density at radius 3 is 2.56 bits per heavy atom. The van der Waals surface area contributed by atoms with Gasteiger partial charge in [0.05, 0.1) is 18.1 Å². The maximum absolute atomic E-state index is 8.93. The van der Waals surface area contributed by atoms with Crippen LogP contribution in [0.5, 0.6) is 5.75 Å². The molecule has 0 amide bonds. The fourth-order valence-corrected chi connectivity index (χ4v) is 2.12. The third kappa shape index (κ3) is 4.34. The van der Waals surface area contributed by atoms with Crippen LogP contribution in [0.4, 0.5) is 0 Å². The van der Waals surface area contributed by atoms with E-state index < -0.39 is 0 Å². The van der Waals surface area contributed by atoms with Crippen LogP contribution in [0, 0.1) is 30.6 Å². The van der Waals surface area contributed by atoms with Crippen molar-refractivity contribution in [3.05, 3.63) is 27.7 Å². The predicted octanol–water partition coefficient (Wildman–Crippen LogP) is 4.77. The van der Waals surface area contributed by atoms with E-state index in [1.807, 2.05) is 20.8 Å². The molecular weight excluding hydrogens is 290 g/mol. The fourth-order valence-electron chi connectivity index (χ4n) is 1.66. The smallest absolute Gasteiger partial charge is 0.122 e. The normalized spacial score (nSPS) is 11.1. The van der Waals surface area contributed by atoms with Crippen LogP contribution in [0.3, 0.4) is 0 Å². The SMILES string of the molecule is Cc1cc(OCCCC(C)(C)C#N)c(C)cc1Br. The molecule has 0 bridgehead atoms. The highest BCUT2D eigenvalue weighted by Crippen LogP contribution is 2.27. The number of rotatable bonds is 5. The quantitative estimate of drug-likeness (QED) is 0.734. The average molecular weight is 310 g/mol. The lowest BCUT2D eigenvalue weighted by Crippen LogP contribution is -2.10. The van der Waals surface area contributed by atoms with E-state index >= 15 is 0 Å². The van der Waals surface area contributed by atoms with E-state index in [-0.39, 0.29) is 5.41 Å². The van der Waals surface area contributed by atoms with Crippen LogP contribution in [-0.4, -0.2) is 6.61 Å². The van der Waals surface area contributed by atoms with Gasteiger partial charge in [-0.2, -0.15) is 5.26 Å². The summed E-state index contributed by atoms with van der Waals surface area (Å²) in [4.78, 5) is 0. The second-order valence-electron chi connectivity index (χ2n) is 5.31. The Morgan fingerprint density at radius 2 is 1.94 bits per heavy atom. The Labute approximate surface area is 118 Å². The molecule has 0 N–H and O–H groups in total. The van der Waals surface area contributed by atoms with Crippen molar-refractivity contribution >= 4 is 15.9 Å². The molecule has 98 valence electrons. The molecule has 0 aliphatic heterocycles. The number of hydrogen-bond donors (Lipinski definition) is 0. The van der Waals surface area contributed by atoms with Crippen LogP contribution in [0.1, 0.15) is 37.8 Å². The number of nitrogens with zero attached hydrogens (tertiary/aromatic N) is 1. The van der Waals surface area contributed by atoms with Gasteiger partial charge in [0.15, 0.2) is 0 Å². The summed E-state index contributed by atoms with van der Waals surface area (Å²) >= 11 is 3.51. The Morgan fingerprint density at radius 1 is 1.28 bits per heavy atom. The molecule has 0 heterocycles. The number of nitriles is 1. The number of ether oxygens (including phenoxy) is 1. The minimum absolute atomic E-state index is 0.256. The molecule has 1 aromatic rings. The highest BCUT2D eigenvalue weighted by atomic mass is 79.9. The van der Waals surface area contributed by atoms with Crippen LogP contribution in [-0.2, 0) is 0 Å². The summed E-state index contributed by atoms with van der Waals surface area (Å²) in [5.74, 6) is 0.936. The first kappa shape index (κ1) is 15.0. The maximum atomic E-state index is 8.93. The number of hydrogen-bond acceptors (Lipinski definition) is 2. The van der Waals surface area contributed by atoms with Crippen LogP contribution in [0.2, 0.25) is 0 Å². The van der Waals surface area contributed by atoms with Crippen molar-refractivity contribution in [2.24, 2.45) is 5.41 Å². The number of aryl methyl sites for hydroxylation is 2. The molecule has 0 fully saturated rings. The second kappa shape index (κ2) is 6.24. The number of halogens is 1. The first-order chi connectivity index (χ1) is 8.35. The van der Waals surface area contributed by atoms with Crippen LogP contribution in [0.25, 0.3) is 0 Å². The Hall–Kier alpha value is -1.01. The van der Waals surface area contributed by atoms with Gasteiger partial charge in [-0.3, -0.25) is 0 Å². The van der Waals surface area contributed by atoms with Crippen molar-refractivity contribution in [3.8, 4) is 11.8 Å². The molecule has 0 radical (unpaired) electrons. The summed E-state index contributed by atoms with van der Waals surface area (Å²) in [6, 6.07) is 6.43. The van der Waals surface area contributed by atoms with Gasteiger partial charge in [-0.15, -0.1) is 0 Å². The standard InChI is InChI=1S/C15H20BrNO/c1-11-9-14(12(2)8-13(11)16)18-7-5-6-15(3,4)10-17/h8-9H,5-7H2,1-4H3. The fraction of sp³-hybridized carbons (Fsp3) is 0.533. The summed E-state index contributed by atoms with van der Waals surface area (Å²) in [5.41, 5.74) is 2.05. The topological polar surface area (TPSA) is 33.0 Å². The highest BCUT2D eigenvalue weighted by molar-refractivity contribution is 9.10. The minimum Gasteiger partial charge on any atom is -0.493 e. The van der Waals surface area contributed by atoms with Gasteiger partial charge in [-0.25, -0.2) is 0 Å². The van der Waals surface area contributed by atoms with Gasteiger partial charge < -0.3 is 4.74 Å². The van der Waals surface area contributed by atoms with E-state index in [2.05, 4.69) is 41.1 Å². The zero-order valence-electron chi connectivity index (χ0n) is 11.5. The van der Waals surface area contributed by atoms with Gasteiger partial charge in [0.1, 0.15) is 5.75 Å². The monoisotopic (exact) mass is 309 g/mol. The molecular formula is C15H20BrNO. The lowest BCUT2D eigenvalue weighted by molar-refractivity contribution is 0.282. The molecule has 0 saturated heterocycles. The Balaban J connectivity index is 2.50. The Kier molecular flexibility index (Phi) is 5.22. The van der Waals surface area contributed by atoms with Crippen molar-refractivity contribution < 1.29 is 4.74 Å². The molecule has 1 aromatic carbocycles. The van der Waals surface area contributed by atoms with E-state index in [0.29, 0.717) is 6.61 Å². The molecule has 0 spiro atoms. The van der Waals surface area contributed by atoms with Crippen molar-refractivity contribution in [2.45, 2.75) is 40.5 Å². The van der Waals surface area contributed by atoms with Gasteiger partial charge in [-0.1, -0.05) is 15.9 Å². The molecule has 1 rings (SSSR count). The van der Waals surface area contributed by atoms with Crippen molar-refractivity contribution in [2.75, 3.05) is 6.61 Å². The lowest BCUT2D eigenvalue weighted by Gasteiger charge is -2.16. The minimum atomic E-state index is -0.256. The maximum Gasteiger partial charge on any atom is 0.122 e. The summed E-state index contributed by atoms with van der Waals surface area (Å²) in [5, 5.41) is 8.93. The van der Waals surface area contributed by atoms with Crippen molar-refractivity contribution in [1.82, 2.24) is 0 Å². The van der Waals surface area contributed by atoms with E-state index in [4.69, 9.17) is 10.00 Å². The summed E-state index contributed by atoms with van der Waals surface area (Å²) in [7, 11) is 0. The molecule has 0 saturated carbocycles. The van der Waals surface area contributed by atoms with Crippen LogP contribution < -0.4 is 4.74 Å². The number of benzene rings is 1. The van der Waals surface area contributed by atoms with Crippen molar-refractivity contribution in [3.63, 3.8) is 0 Å². The molecule has 18 heavy (non-hydrogen) atoms. The summed E-state index contributed by atoms with van der Waals surface area (Å²) < 4.78 is 6.89. The molecule has 0 aliphatic rings. The van der Waals surface area contributed by atoms with E-state index in [1.165, 1.54) is 5.56 Å². The zero-order valence-corrected chi connectivity index (χ0v) is 13.1. The van der Waals surface area contributed by atoms with Crippen LogP contribution in [0.15, 0.2) is 16.6 Å². The van der Waals surface area contributed by atoms with Gasteiger partial charge in [0.25, 0.3) is 0 Å². The summed E-state index contributed by atoms with van der Waals surface area (Å²) in [6.07, 6.45) is 1.76. The van der Waals surface area contributed by atoms with Gasteiger partial charge in [-0.05, 0) is 63.8 Å². The van der Waals surface area contributed by atoms with E-state index in [9.17, 15) is 0 Å². The third-order valence-electron chi connectivity index (χ3n) is 2.96. The van der Waals surface area contributed by atoms with E-state index in [1.54, 1.807) is 0 Å². The molecule has 3 heteroatoms. The first-order valence-corrected chi connectivity index (χ1v) is 6.96. The molecule has 0 aromatic heterocycles. The molecule has 0 atom stereocenters. The van der Waals surface area contributed by atoms with Gasteiger partial charge in [0.2, 0.25) is 0 Å².